The summed E-state index contributed by atoms with van der Waals surface area (Å²) in [7, 11) is 0. The SMILES string of the molecule is Cc1ccc(Oc2ccc(CBr)c(C)c2)cn1. The van der Waals surface area contributed by atoms with Crippen LogP contribution >= 0.6 is 15.9 Å². The van der Waals surface area contributed by atoms with Crippen LogP contribution in [-0.2, 0) is 5.33 Å². The Kier molecular flexibility index (Phi) is 3.79. The number of hydrogen-bond donors (Lipinski definition) is 0. The van der Waals surface area contributed by atoms with Crippen molar-refractivity contribution in [1.29, 1.82) is 0 Å². The van der Waals surface area contributed by atoms with E-state index < -0.39 is 0 Å². The largest absolute Gasteiger partial charge is 0.456 e. The number of benzene rings is 1. The van der Waals surface area contributed by atoms with E-state index in [-0.39, 0.29) is 0 Å². The lowest BCUT2D eigenvalue weighted by atomic mass is 10.1. The van der Waals surface area contributed by atoms with Crippen LogP contribution in [-0.4, -0.2) is 4.98 Å². The number of alkyl halides is 1. The van der Waals surface area contributed by atoms with E-state index in [1.165, 1.54) is 11.1 Å². The molecule has 0 bridgehead atoms. The fourth-order valence-corrected chi connectivity index (χ4v) is 2.16. The molecule has 88 valence electrons. The molecule has 0 fully saturated rings. The van der Waals surface area contributed by atoms with Crippen molar-refractivity contribution < 1.29 is 4.74 Å². The molecular formula is C14H14BrNO. The highest BCUT2D eigenvalue weighted by Gasteiger charge is 2.01. The standard InChI is InChI=1S/C14H14BrNO/c1-10-7-13(6-4-12(10)8-15)17-14-5-3-11(2)16-9-14/h3-7,9H,8H2,1-2H3. The predicted octanol–water partition coefficient (Wildman–Crippen LogP) is 4.39. The molecule has 1 aromatic heterocycles. The second-order valence-corrected chi connectivity index (χ2v) is 4.52. The van der Waals surface area contributed by atoms with Crippen molar-refractivity contribution >= 4 is 15.9 Å². The monoisotopic (exact) mass is 291 g/mol. The predicted molar refractivity (Wildman–Crippen MR) is 72.9 cm³/mol. The molecule has 0 radical (unpaired) electrons. The average Bonchev–Trinajstić information content (AvgIpc) is 2.32. The molecule has 0 spiro atoms. The van der Waals surface area contributed by atoms with E-state index >= 15 is 0 Å². The lowest BCUT2D eigenvalue weighted by molar-refractivity contribution is 0.479. The van der Waals surface area contributed by atoms with E-state index in [1.54, 1.807) is 6.20 Å². The number of halogens is 1. The quantitative estimate of drug-likeness (QED) is 0.783. The summed E-state index contributed by atoms with van der Waals surface area (Å²) in [5.74, 6) is 1.61. The minimum absolute atomic E-state index is 0.765. The topological polar surface area (TPSA) is 22.1 Å². The van der Waals surface area contributed by atoms with Gasteiger partial charge in [-0.2, -0.15) is 0 Å². The van der Waals surface area contributed by atoms with E-state index in [0.717, 1.165) is 22.5 Å². The van der Waals surface area contributed by atoms with Crippen molar-refractivity contribution in [2.75, 3.05) is 0 Å². The van der Waals surface area contributed by atoms with E-state index in [1.807, 2.05) is 31.2 Å². The van der Waals surface area contributed by atoms with Crippen molar-refractivity contribution in [3.8, 4) is 11.5 Å². The van der Waals surface area contributed by atoms with Crippen molar-refractivity contribution in [1.82, 2.24) is 4.98 Å². The van der Waals surface area contributed by atoms with Gasteiger partial charge in [0.25, 0.3) is 0 Å². The van der Waals surface area contributed by atoms with Crippen LogP contribution in [0.1, 0.15) is 16.8 Å². The Labute approximate surface area is 110 Å². The summed E-state index contributed by atoms with van der Waals surface area (Å²) in [5, 5.41) is 0.866. The minimum Gasteiger partial charge on any atom is -0.456 e. The van der Waals surface area contributed by atoms with Gasteiger partial charge in [-0.05, 0) is 49.2 Å². The molecule has 2 nitrogen and oxygen atoms in total. The van der Waals surface area contributed by atoms with Crippen LogP contribution in [0.5, 0.6) is 11.5 Å². The molecule has 0 aliphatic carbocycles. The highest BCUT2D eigenvalue weighted by molar-refractivity contribution is 9.08. The Morgan fingerprint density at radius 1 is 1.12 bits per heavy atom. The molecule has 1 aromatic carbocycles. The molecule has 0 aliphatic heterocycles. The van der Waals surface area contributed by atoms with Crippen LogP contribution in [0.4, 0.5) is 0 Å². The van der Waals surface area contributed by atoms with Gasteiger partial charge >= 0.3 is 0 Å². The fourth-order valence-electron chi connectivity index (χ4n) is 1.53. The Bertz CT molecular complexity index is 508. The first-order chi connectivity index (χ1) is 8.19. The van der Waals surface area contributed by atoms with Gasteiger partial charge in [0.15, 0.2) is 0 Å². The third-order valence-electron chi connectivity index (χ3n) is 2.58. The Morgan fingerprint density at radius 3 is 2.47 bits per heavy atom. The molecule has 17 heavy (non-hydrogen) atoms. The molecule has 2 rings (SSSR count). The van der Waals surface area contributed by atoms with E-state index in [9.17, 15) is 0 Å². The van der Waals surface area contributed by atoms with Gasteiger partial charge in [0.1, 0.15) is 11.5 Å². The summed E-state index contributed by atoms with van der Waals surface area (Å²) in [4.78, 5) is 4.20. The van der Waals surface area contributed by atoms with Gasteiger partial charge in [-0.1, -0.05) is 22.0 Å². The fraction of sp³-hybridized carbons (Fsp3) is 0.214. The Balaban J connectivity index is 2.19. The number of rotatable bonds is 3. The Morgan fingerprint density at radius 2 is 1.88 bits per heavy atom. The van der Waals surface area contributed by atoms with Crippen LogP contribution < -0.4 is 4.74 Å². The highest BCUT2D eigenvalue weighted by Crippen LogP contribution is 2.24. The van der Waals surface area contributed by atoms with Crippen LogP contribution in [0.3, 0.4) is 0 Å². The molecular weight excluding hydrogens is 278 g/mol. The molecule has 2 aromatic rings. The number of nitrogens with zero attached hydrogens (tertiary/aromatic N) is 1. The summed E-state index contributed by atoms with van der Waals surface area (Å²) in [6.07, 6.45) is 1.74. The summed E-state index contributed by atoms with van der Waals surface area (Å²) < 4.78 is 5.74. The van der Waals surface area contributed by atoms with Gasteiger partial charge < -0.3 is 4.74 Å². The van der Waals surface area contributed by atoms with Crippen LogP contribution in [0.25, 0.3) is 0 Å². The number of aryl methyl sites for hydroxylation is 2. The number of ether oxygens (including phenoxy) is 1. The second kappa shape index (κ2) is 5.32. The zero-order valence-corrected chi connectivity index (χ0v) is 11.5. The first-order valence-corrected chi connectivity index (χ1v) is 6.57. The van der Waals surface area contributed by atoms with Gasteiger partial charge in [0, 0.05) is 11.0 Å². The van der Waals surface area contributed by atoms with Gasteiger partial charge in [0.2, 0.25) is 0 Å². The number of pyridine rings is 1. The zero-order chi connectivity index (χ0) is 12.3. The molecule has 0 saturated carbocycles. The summed E-state index contributed by atoms with van der Waals surface area (Å²) >= 11 is 3.46. The minimum atomic E-state index is 0.765. The van der Waals surface area contributed by atoms with Crippen LogP contribution in [0.2, 0.25) is 0 Å². The maximum Gasteiger partial charge on any atom is 0.145 e. The first kappa shape index (κ1) is 12.1. The zero-order valence-electron chi connectivity index (χ0n) is 9.90. The maximum absolute atomic E-state index is 5.74. The van der Waals surface area contributed by atoms with E-state index in [0.29, 0.717) is 0 Å². The number of aromatic nitrogens is 1. The van der Waals surface area contributed by atoms with E-state index in [4.69, 9.17) is 4.74 Å². The lowest BCUT2D eigenvalue weighted by Crippen LogP contribution is -1.89. The van der Waals surface area contributed by atoms with Crippen LogP contribution in [0, 0.1) is 13.8 Å². The van der Waals surface area contributed by atoms with Gasteiger partial charge in [-0.15, -0.1) is 0 Å². The molecule has 0 saturated heterocycles. The molecule has 0 unspecified atom stereocenters. The van der Waals surface area contributed by atoms with E-state index in [2.05, 4.69) is 33.9 Å². The van der Waals surface area contributed by atoms with Crippen molar-refractivity contribution in [3.63, 3.8) is 0 Å². The summed E-state index contributed by atoms with van der Waals surface area (Å²) in [6.45, 7) is 4.04. The molecule has 0 amide bonds. The maximum atomic E-state index is 5.74. The first-order valence-electron chi connectivity index (χ1n) is 5.45. The number of hydrogen-bond acceptors (Lipinski definition) is 2. The van der Waals surface area contributed by atoms with Crippen LogP contribution in [0.15, 0.2) is 36.5 Å². The second-order valence-electron chi connectivity index (χ2n) is 3.96. The third-order valence-corrected chi connectivity index (χ3v) is 3.18. The van der Waals surface area contributed by atoms with Gasteiger partial charge in [-0.3, -0.25) is 4.98 Å². The van der Waals surface area contributed by atoms with Gasteiger partial charge in [0.05, 0.1) is 6.20 Å². The average molecular weight is 292 g/mol. The molecule has 0 N–H and O–H groups in total. The van der Waals surface area contributed by atoms with Crippen molar-refractivity contribution in [3.05, 3.63) is 53.3 Å². The normalized spacial score (nSPS) is 10.3. The smallest absolute Gasteiger partial charge is 0.145 e. The highest BCUT2D eigenvalue weighted by atomic mass is 79.9. The lowest BCUT2D eigenvalue weighted by Gasteiger charge is -2.08. The Hall–Kier alpha value is -1.35. The molecule has 3 heteroatoms. The van der Waals surface area contributed by atoms with Crippen molar-refractivity contribution in [2.24, 2.45) is 0 Å². The molecule has 1 heterocycles. The van der Waals surface area contributed by atoms with Crippen molar-refractivity contribution in [2.45, 2.75) is 19.2 Å². The summed E-state index contributed by atoms with van der Waals surface area (Å²) in [6, 6.07) is 9.95. The molecule has 0 aliphatic rings. The third kappa shape index (κ3) is 3.07. The summed E-state index contributed by atoms with van der Waals surface area (Å²) in [5.41, 5.74) is 3.49. The molecule has 0 atom stereocenters. The van der Waals surface area contributed by atoms with Gasteiger partial charge in [-0.25, -0.2) is 0 Å².